The number of carbonyl (C=O) groups is 1. The van der Waals surface area contributed by atoms with E-state index in [1.54, 1.807) is 0 Å². The zero-order chi connectivity index (χ0) is 13.3. The highest BCUT2D eigenvalue weighted by molar-refractivity contribution is 5.86. The second kappa shape index (κ2) is 8.00. The molecule has 1 unspecified atom stereocenters. The fraction of sp³-hybridized carbons (Fsp3) is 0.933. The maximum Gasteiger partial charge on any atom is 0.242 e. The molecule has 1 amide bonds. The van der Waals surface area contributed by atoms with E-state index in [1.807, 2.05) is 0 Å². The summed E-state index contributed by atoms with van der Waals surface area (Å²) in [6.45, 7) is 4.28. The summed E-state index contributed by atoms with van der Waals surface area (Å²) in [6, 6.07) is 0.588. The number of carbonyl (C=O) groups excluding carboxylic acids is 1. The predicted octanol–water partition coefficient (Wildman–Crippen LogP) is 2.19. The van der Waals surface area contributed by atoms with E-state index < -0.39 is 5.54 Å². The lowest BCUT2D eigenvalue weighted by molar-refractivity contribution is -0.139. The van der Waals surface area contributed by atoms with Crippen molar-refractivity contribution in [3.8, 4) is 0 Å². The first-order valence-electron chi connectivity index (χ1n) is 8.01. The summed E-state index contributed by atoms with van der Waals surface area (Å²) in [4.78, 5) is 17.3. The number of hydrogen-bond acceptors (Lipinski definition) is 3. The molecule has 124 valence electrons. The molecule has 2 aliphatic heterocycles. The number of amides is 1. The topological polar surface area (TPSA) is 49.6 Å². The summed E-state index contributed by atoms with van der Waals surface area (Å²) in [5, 5.41) is 0. The Morgan fingerprint density at radius 2 is 1.57 bits per heavy atom. The van der Waals surface area contributed by atoms with Crippen LogP contribution < -0.4 is 5.73 Å². The Morgan fingerprint density at radius 1 is 0.952 bits per heavy atom. The van der Waals surface area contributed by atoms with Crippen molar-refractivity contribution in [2.75, 3.05) is 26.2 Å². The molecule has 1 saturated carbocycles. The second-order valence-corrected chi connectivity index (χ2v) is 6.65. The minimum Gasteiger partial charge on any atom is -0.340 e. The van der Waals surface area contributed by atoms with E-state index in [0.717, 1.165) is 45.2 Å². The van der Waals surface area contributed by atoms with Crippen molar-refractivity contribution in [3.05, 3.63) is 0 Å². The van der Waals surface area contributed by atoms with Crippen molar-refractivity contribution in [3.63, 3.8) is 0 Å². The highest BCUT2D eigenvalue weighted by Gasteiger charge is 2.41. The third-order valence-electron chi connectivity index (χ3n) is 5.26. The maximum atomic E-state index is 12.7. The molecule has 3 fully saturated rings. The Bertz CT molecular complexity index is 342. The van der Waals surface area contributed by atoms with Gasteiger partial charge in [0.25, 0.3) is 0 Å². The van der Waals surface area contributed by atoms with Gasteiger partial charge in [-0.2, -0.15) is 0 Å². The molecule has 6 heteroatoms. The molecule has 4 nitrogen and oxygen atoms in total. The molecule has 0 aromatic carbocycles. The van der Waals surface area contributed by atoms with Crippen molar-refractivity contribution in [1.82, 2.24) is 9.80 Å². The van der Waals surface area contributed by atoms with Crippen molar-refractivity contribution in [2.45, 2.75) is 62.9 Å². The Labute approximate surface area is 140 Å². The molecule has 2 N–H and O–H groups in total. The van der Waals surface area contributed by atoms with Gasteiger partial charge < -0.3 is 10.6 Å². The summed E-state index contributed by atoms with van der Waals surface area (Å²) >= 11 is 0. The molecule has 0 aromatic heterocycles. The zero-order valence-corrected chi connectivity index (χ0v) is 14.4. The lowest BCUT2D eigenvalue weighted by Crippen LogP contribution is -2.58. The normalized spacial score (nSPS) is 28.8. The first-order chi connectivity index (χ1) is 9.19. The van der Waals surface area contributed by atoms with E-state index >= 15 is 0 Å². The van der Waals surface area contributed by atoms with Crippen LogP contribution in [0.4, 0.5) is 0 Å². The Balaban J connectivity index is 0.00000110. The average molecular weight is 338 g/mol. The molecular formula is C15H29Cl2N3O. The number of nitrogens with zero attached hydrogens (tertiary/aromatic N) is 2. The summed E-state index contributed by atoms with van der Waals surface area (Å²) in [7, 11) is 0. The van der Waals surface area contributed by atoms with Crippen molar-refractivity contribution < 1.29 is 4.79 Å². The van der Waals surface area contributed by atoms with Crippen molar-refractivity contribution in [1.29, 1.82) is 0 Å². The van der Waals surface area contributed by atoms with Crippen LogP contribution in [-0.4, -0.2) is 53.5 Å². The van der Waals surface area contributed by atoms with Crippen LogP contribution in [0.2, 0.25) is 0 Å². The van der Waals surface area contributed by atoms with Crippen LogP contribution in [0.3, 0.4) is 0 Å². The molecule has 0 bridgehead atoms. The molecular weight excluding hydrogens is 309 g/mol. The number of hydrogen-bond donors (Lipinski definition) is 1. The van der Waals surface area contributed by atoms with Gasteiger partial charge in [-0.25, -0.2) is 0 Å². The largest absolute Gasteiger partial charge is 0.340 e. The number of likely N-dealkylation sites (tertiary alicyclic amines) is 2. The van der Waals surface area contributed by atoms with E-state index in [4.69, 9.17) is 5.73 Å². The SMILES string of the molecule is Cl.Cl.NC1(C(=O)N2CCCC(N3CCCC3)C2)CCCC1. The number of halogens is 2. The molecule has 3 aliphatic rings. The smallest absolute Gasteiger partial charge is 0.242 e. The van der Waals surface area contributed by atoms with E-state index in [1.165, 1.54) is 32.4 Å². The van der Waals surface area contributed by atoms with Gasteiger partial charge in [-0.1, -0.05) is 12.8 Å². The Morgan fingerprint density at radius 3 is 2.19 bits per heavy atom. The van der Waals surface area contributed by atoms with Crippen LogP contribution in [0.1, 0.15) is 51.4 Å². The average Bonchev–Trinajstić information content (AvgIpc) is 3.10. The number of nitrogens with two attached hydrogens (primary N) is 1. The minimum atomic E-state index is -0.535. The fourth-order valence-electron chi connectivity index (χ4n) is 4.08. The molecule has 1 aliphatic carbocycles. The molecule has 1 atom stereocenters. The first-order valence-corrected chi connectivity index (χ1v) is 8.01. The molecule has 0 spiro atoms. The summed E-state index contributed by atoms with van der Waals surface area (Å²) in [5.41, 5.74) is 5.79. The molecule has 0 radical (unpaired) electrons. The number of rotatable bonds is 2. The zero-order valence-electron chi connectivity index (χ0n) is 12.8. The van der Waals surface area contributed by atoms with Crippen LogP contribution in [0.5, 0.6) is 0 Å². The van der Waals surface area contributed by atoms with Gasteiger partial charge >= 0.3 is 0 Å². The van der Waals surface area contributed by atoms with Gasteiger partial charge in [-0.3, -0.25) is 9.69 Å². The van der Waals surface area contributed by atoms with E-state index in [9.17, 15) is 4.79 Å². The summed E-state index contributed by atoms with van der Waals surface area (Å²) in [6.07, 6.45) is 9.05. The van der Waals surface area contributed by atoms with Crippen LogP contribution in [-0.2, 0) is 4.79 Å². The third kappa shape index (κ3) is 4.04. The lowest BCUT2D eigenvalue weighted by atomic mass is 9.94. The van der Waals surface area contributed by atoms with E-state index in [-0.39, 0.29) is 30.7 Å². The molecule has 2 heterocycles. The Kier molecular flexibility index (Phi) is 7.25. The maximum absolute atomic E-state index is 12.7. The standard InChI is InChI=1S/C15H27N3O.2ClH/c16-15(7-1-2-8-15)14(19)18-11-5-6-13(12-18)17-9-3-4-10-17;;/h13H,1-12,16H2;2*1H. The van der Waals surface area contributed by atoms with Crippen molar-refractivity contribution in [2.24, 2.45) is 5.73 Å². The Hall–Kier alpha value is -0.0300. The summed E-state index contributed by atoms with van der Waals surface area (Å²) in [5.74, 6) is 0.230. The molecule has 2 saturated heterocycles. The van der Waals surface area contributed by atoms with Gasteiger partial charge in [0.2, 0.25) is 5.91 Å². The quantitative estimate of drug-likeness (QED) is 0.840. The highest BCUT2D eigenvalue weighted by atomic mass is 35.5. The van der Waals surface area contributed by atoms with Gasteiger partial charge in [0.1, 0.15) is 0 Å². The molecule has 0 aromatic rings. The van der Waals surface area contributed by atoms with Crippen molar-refractivity contribution >= 4 is 30.7 Å². The van der Waals surface area contributed by atoms with Gasteiger partial charge in [0.05, 0.1) is 5.54 Å². The van der Waals surface area contributed by atoms with Crippen LogP contribution >= 0.6 is 24.8 Å². The summed E-state index contributed by atoms with van der Waals surface area (Å²) < 4.78 is 0. The number of piperidine rings is 1. The van der Waals surface area contributed by atoms with E-state index in [0.29, 0.717) is 6.04 Å². The minimum absolute atomic E-state index is 0. The monoisotopic (exact) mass is 337 g/mol. The predicted molar refractivity (Wildman–Crippen MR) is 90.3 cm³/mol. The van der Waals surface area contributed by atoms with Crippen LogP contribution in [0.25, 0.3) is 0 Å². The van der Waals surface area contributed by atoms with Crippen LogP contribution in [0.15, 0.2) is 0 Å². The van der Waals surface area contributed by atoms with Crippen LogP contribution in [0, 0.1) is 0 Å². The molecule has 3 rings (SSSR count). The molecule has 21 heavy (non-hydrogen) atoms. The third-order valence-corrected chi connectivity index (χ3v) is 5.26. The van der Waals surface area contributed by atoms with Gasteiger partial charge in [0, 0.05) is 19.1 Å². The van der Waals surface area contributed by atoms with Gasteiger partial charge in [0.15, 0.2) is 0 Å². The first kappa shape index (κ1) is 19.0. The highest BCUT2D eigenvalue weighted by Crippen LogP contribution is 2.30. The van der Waals surface area contributed by atoms with Gasteiger partial charge in [-0.05, 0) is 51.6 Å². The lowest BCUT2D eigenvalue weighted by Gasteiger charge is -2.40. The van der Waals surface area contributed by atoms with Gasteiger partial charge in [-0.15, -0.1) is 24.8 Å². The second-order valence-electron chi connectivity index (χ2n) is 6.65. The van der Waals surface area contributed by atoms with E-state index in [2.05, 4.69) is 9.80 Å². The fourth-order valence-corrected chi connectivity index (χ4v) is 4.08.